The molecule has 122 valence electrons. The summed E-state index contributed by atoms with van der Waals surface area (Å²) in [5, 5.41) is 4.34. The van der Waals surface area contributed by atoms with Gasteiger partial charge in [0.2, 0.25) is 11.7 Å². The van der Waals surface area contributed by atoms with Gasteiger partial charge >= 0.3 is 0 Å². The van der Waals surface area contributed by atoms with E-state index in [2.05, 4.69) is 26.1 Å². The molecule has 1 aromatic heterocycles. The van der Waals surface area contributed by atoms with Gasteiger partial charge in [-0.25, -0.2) is 0 Å². The van der Waals surface area contributed by atoms with E-state index in [1.807, 2.05) is 30.3 Å². The third-order valence-electron chi connectivity index (χ3n) is 3.38. The van der Waals surface area contributed by atoms with Crippen LogP contribution in [0.1, 0.15) is 16.2 Å². The highest BCUT2D eigenvalue weighted by atomic mass is 79.9. The predicted molar refractivity (Wildman–Crippen MR) is 94.7 cm³/mol. The van der Waals surface area contributed by atoms with Gasteiger partial charge in [0.1, 0.15) is 0 Å². The minimum Gasteiger partial charge on any atom is -0.337 e. The van der Waals surface area contributed by atoms with E-state index in [1.165, 1.54) is 4.90 Å². The molecule has 0 radical (unpaired) electrons. The molecule has 5 nitrogen and oxygen atoms in total. The summed E-state index contributed by atoms with van der Waals surface area (Å²) >= 11 is 9.44. The predicted octanol–water partition coefficient (Wildman–Crippen LogP) is 4.42. The smallest absolute Gasteiger partial charge is 0.255 e. The Kier molecular flexibility index (Phi) is 4.97. The van der Waals surface area contributed by atoms with Gasteiger partial charge in [-0.05, 0) is 18.2 Å². The fourth-order valence-electron chi connectivity index (χ4n) is 2.17. The number of nitrogens with zero attached hydrogens (tertiary/aromatic N) is 3. The van der Waals surface area contributed by atoms with Gasteiger partial charge in [0, 0.05) is 17.1 Å². The minimum absolute atomic E-state index is 0.196. The highest BCUT2D eigenvalue weighted by Gasteiger charge is 2.18. The van der Waals surface area contributed by atoms with Crippen molar-refractivity contribution in [1.29, 1.82) is 0 Å². The van der Waals surface area contributed by atoms with Crippen molar-refractivity contribution in [2.45, 2.75) is 6.54 Å². The van der Waals surface area contributed by atoms with Crippen molar-refractivity contribution in [3.8, 4) is 11.4 Å². The zero-order valence-corrected chi connectivity index (χ0v) is 15.1. The molecule has 1 amide bonds. The normalized spacial score (nSPS) is 10.6. The Labute approximate surface area is 152 Å². The SMILES string of the molecule is CN(Cc1nc(-c2ccccc2)no1)C(=O)c1cc(Br)ccc1Cl. The number of hydrogen-bond donors (Lipinski definition) is 0. The molecule has 0 N–H and O–H groups in total. The first-order chi connectivity index (χ1) is 11.5. The first-order valence-corrected chi connectivity index (χ1v) is 8.30. The van der Waals surface area contributed by atoms with E-state index in [9.17, 15) is 4.79 Å². The third-order valence-corrected chi connectivity index (χ3v) is 4.20. The lowest BCUT2D eigenvalue weighted by molar-refractivity contribution is 0.0769. The van der Waals surface area contributed by atoms with Gasteiger partial charge < -0.3 is 9.42 Å². The van der Waals surface area contributed by atoms with Crippen LogP contribution in [0.15, 0.2) is 57.5 Å². The van der Waals surface area contributed by atoms with Crippen molar-refractivity contribution in [2.75, 3.05) is 7.05 Å². The lowest BCUT2D eigenvalue weighted by Crippen LogP contribution is -2.26. The quantitative estimate of drug-likeness (QED) is 0.643. The standard InChI is InChI=1S/C17H13BrClN3O2/c1-22(17(23)13-9-12(18)7-8-14(13)19)10-15-20-16(21-24-15)11-5-3-2-4-6-11/h2-9H,10H2,1H3. The van der Waals surface area contributed by atoms with Crippen LogP contribution in [0, 0.1) is 0 Å². The van der Waals surface area contributed by atoms with Gasteiger partial charge in [-0.3, -0.25) is 4.79 Å². The van der Waals surface area contributed by atoms with E-state index in [-0.39, 0.29) is 12.5 Å². The Morgan fingerprint density at radius 2 is 2.00 bits per heavy atom. The molecular formula is C17H13BrClN3O2. The molecule has 0 fully saturated rings. The monoisotopic (exact) mass is 405 g/mol. The number of carbonyl (C=O) groups is 1. The van der Waals surface area contributed by atoms with Gasteiger partial charge in [0.25, 0.3) is 5.91 Å². The molecule has 0 saturated carbocycles. The molecule has 0 unspecified atom stereocenters. The Morgan fingerprint density at radius 1 is 1.25 bits per heavy atom. The van der Waals surface area contributed by atoms with Gasteiger partial charge in [0.15, 0.2) is 0 Å². The van der Waals surface area contributed by atoms with Crippen LogP contribution in [-0.2, 0) is 6.54 Å². The molecule has 0 aliphatic rings. The second-order valence-corrected chi connectivity index (χ2v) is 6.49. The van der Waals surface area contributed by atoms with Crippen molar-refractivity contribution < 1.29 is 9.32 Å². The van der Waals surface area contributed by atoms with Crippen LogP contribution in [-0.4, -0.2) is 28.0 Å². The minimum atomic E-state index is -0.222. The van der Waals surface area contributed by atoms with E-state index in [1.54, 1.807) is 25.2 Å². The average molecular weight is 407 g/mol. The molecule has 3 rings (SSSR count). The molecule has 0 spiro atoms. The van der Waals surface area contributed by atoms with Gasteiger partial charge in [-0.15, -0.1) is 0 Å². The summed E-state index contributed by atoms with van der Waals surface area (Å²) in [4.78, 5) is 18.3. The summed E-state index contributed by atoms with van der Waals surface area (Å²) in [5.41, 5.74) is 1.27. The number of hydrogen-bond acceptors (Lipinski definition) is 4. The van der Waals surface area contributed by atoms with Crippen molar-refractivity contribution in [1.82, 2.24) is 15.0 Å². The van der Waals surface area contributed by atoms with Crippen LogP contribution in [0.25, 0.3) is 11.4 Å². The Hall–Kier alpha value is -2.18. The van der Waals surface area contributed by atoms with Crippen LogP contribution < -0.4 is 0 Å². The van der Waals surface area contributed by atoms with E-state index in [0.29, 0.717) is 22.3 Å². The zero-order valence-electron chi connectivity index (χ0n) is 12.7. The van der Waals surface area contributed by atoms with Gasteiger partial charge in [0.05, 0.1) is 17.1 Å². The first kappa shape index (κ1) is 16.7. The second-order valence-electron chi connectivity index (χ2n) is 5.16. The Bertz CT molecular complexity index is 867. The summed E-state index contributed by atoms with van der Waals surface area (Å²) in [6, 6.07) is 14.6. The van der Waals surface area contributed by atoms with E-state index in [0.717, 1.165) is 10.0 Å². The fourth-order valence-corrected chi connectivity index (χ4v) is 2.72. The highest BCUT2D eigenvalue weighted by Crippen LogP contribution is 2.23. The average Bonchev–Trinajstić information content (AvgIpc) is 3.05. The molecule has 3 aromatic rings. The maximum Gasteiger partial charge on any atom is 0.255 e. The van der Waals surface area contributed by atoms with E-state index >= 15 is 0 Å². The second kappa shape index (κ2) is 7.15. The van der Waals surface area contributed by atoms with Gasteiger partial charge in [-0.2, -0.15) is 4.98 Å². The number of carbonyl (C=O) groups excluding carboxylic acids is 1. The summed E-state index contributed by atoms with van der Waals surface area (Å²) < 4.78 is 6.02. The largest absolute Gasteiger partial charge is 0.337 e. The highest BCUT2D eigenvalue weighted by molar-refractivity contribution is 9.10. The molecule has 7 heteroatoms. The van der Waals surface area contributed by atoms with Crippen molar-refractivity contribution in [2.24, 2.45) is 0 Å². The summed E-state index contributed by atoms with van der Waals surface area (Å²) in [6.45, 7) is 0.196. The number of benzene rings is 2. The number of rotatable bonds is 4. The van der Waals surface area contributed by atoms with E-state index < -0.39 is 0 Å². The number of halogens is 2. The number of amides is 1. The molecule has 0 atom stereocenters. The topological polar surface area (TPSA) is 59.2 Å². The van der Waals surface area contributed by atoms with Crippen LogP contribution in [0.3, 0.4) is 0 Å². The van der Waals surface area contributed by atoms with E-state index in [4.69, 9.17) is 16.1 Å². The summed E-state index contributed by atoms with van der Waals surface area (Å²) in [7, 11) is 1.66. The van der Waals surface area contributed by atoms with Gasteiger partial charge in [-0.1, -0.05) is 63.0 Å². The fraction of sp³-hybridized carbons (Fsp3) is 0.118. The molecule has 24 heavy (non-hydrogen) atoms. The Balaban J connectivity index is 1.75. The molecule has 0 bridgehead atoms. The molecular weight excluding hydrogens is 394 g/mol. The first-order valence-electron chi connectivity index (χ1n) is 7.13. The maximum absolute atomic E-state index is 12.5. The van der Waals surface area contributed by atoms with Crippen LogP contribution >= 0.6 is 27.5 Å². The van der Waals surface area contributed by atoms with Crippen molar-refractivity contribution in [3.05, 3.63) is 69.5 Å². The van der Waals surface area contributed by atoms with Crippen LogP contribution in [0.5, 0.6) is 0 Å². The molecule has 2 aromatic carbocycles. The summed E-state index contributed by atoms with van der Waals surface area (Å²) in [6.07, 6.45) is 0. The van der Waals surface area contributed by atoms with Crippen LogP contribution in [0.2, 0.25) is 5.02 Å². The molecule has 1 heterocycles. The van der Waals surface area contributed by atoms with Crippen LogP contribution in [0.4, 0.5) is 0 Å². The third kappa shape index (κ3) is 3.66. The number of aromatic nitrogens is 2. The van der Waals surface area contributed by atoms with Crippen molar-refractivity contribution >= 4 is 33.4 Å². The molecule has 0 aliphatic carbocycles. The molecule has 0 saturated heterocycles. The molecule has 0 aliphatic heterocycles. The zero-order chi connectivity index (χ0) is 17.1. The lowest BCUT2D eigenvalue weighted by atomic mass is 10.2. The Morgan fingerprint density at radius 3 is 2.75 bits per heavy atom. The van der Waals surface area contributed by atoms with Crippen molar-refractivity contribution in [3.63, 3.8) is 0 Å². The lowest BCUT2D eigenvalue weighted by Gasteiger charge is -2.15. The summed E-state index contributed by atoms with van der Waals surface area (Å²) in [5.74, 6) is 0.628. The maximum atomic E-state index is 12.5.